The van der Waals surface area contributed by atoms with E-state index in [1.165, 1.54) is 39.9 Å². The van der Waals surface area contributed by atoms with Crippen LogP contribution < -0.4 is 10.1 Å². The zero-order valence-electron chi connectivity index (χ0n) is 14.3. The van der Waals surface area contributed by atoms with Crippen molar-refractivity contribution in [3.8, 4) is 5.75 Å². The van der Waals surface area contributed by atoms with Gasteiger partial charge in [-0.1, -0.05) is 12.5 Å². The Kier molecular flexibility index (Phi) is 5.07. The number of nitrogens with one attached hydrogen (secondary N) is 1. The van der Waals surface area contributed by atoms with E-state index in [1.54, 1.807) is 12.1 Å². The van der Waals surface area contributed by atoms with Gasteiger partial charge in [0.15, 0.2) is 0 Å². The number of amides is 1. The third-order valence-corrected chi connectivity index (χ3v) is 5.49. The molecule has 2 aliphatic rings. The van der Waals surface area contributed by atoms with Crippen molar-refractivity contribution in [1.29, 1.82) is 0 Å². The molecule has 1 aromatic rings. The molecule has 1 aromatic carbocycles. The van der Waals surface area contributed by atoms with Crippen LogP contribution in [0.25, 0.3) is 0 Å². The number of fused-ring (bicyclic) bond motifs is 2. The van der Waals surface area contributed by atoms with E-state index < -0.39 is 5.97 Å². The Morgan fingerprint density at radius 2 is 2.04 bits per heavy atom. The van der Waals surface area contributed by atoms with Crippen molar-refractivity contribution in [2.45, 2.75) is 38.6 Å². The van der Waals surface area contributed by atoms with Crippen molar-refractivity contribution in [2.75, 3.05) is 14.2 Å². The Bertz CT molecular complexity index is 628. The van der Waals surface area contributed by atoms with E-state index in [4.69, 9.17) is 9.47 Å². The largest absolute Gasteiger partial charge is 0.496 e. The standard InChI is InChI=1S/C19H25NO4/c1-23-17-6-4-13(9-16(17)19(22)24-2)11-20-18(21)10-15-8-12-3-5-14(15)7-12/h4,6,9,12,14-15H,3,5,7-8,10-11H2,1-2H3,(H,20,21)/t12-,14-,15+/m0/s1. The van der Waals surface area contributed by atoms with Gasteiger partial charge in [-0.2, -0.15) is 0 Å². The number of hydrogen-bond acceptors (Lipinski definition) is 4. The second kappa shape index (κ2) is 7.24. The zero-order chi connectivity index (χ0) is 17.1. The Morgan fingerprint density at radius 3 is 2.67 bits per heavy atom. The van der Waals surface area contributed by atoms with Gasteiger partial charge in [-0.15, -0.1) is 0 Å². The molecule has 0 heterocycles. The average molecular weight is 331 g/mol. The van der Waals surface area contributed by atoms with Crippen LogP contribution in [0.3, 0.4) is 0 Å². The minimum absolute atomic E-state index is 0.1000. The highest BCUT2D eigenvalue weighted by molar-refractivity contribution is 5.92. The topological polar surface area (TPSA) is 64.6 Å². The van der Waals surface area contributed by atoms with Crippen LogP contribution in [0.1, 0.15) is 48.0 Å². The third-order valence-electron chi connectivity index (χ3n) is 5.49. The summed E-state index contributed by atoms with van der Waals surface area (Å²) in [5, 5.41) is 2.98. The van der Waals surface area contributed by atoms with Crippen LogP contribution in [0, 0.1) is 17.8 Å². The van der Waals surface area contributed by atoms with Gasteiger partial charge in [0.2, 0.25) is 5.91 Å². The van der Waals surface area contributed by atoms with Crippen LogP contribution in [-0.4, -0.2) is 26.1 Å². The Hall–Kier alpha value is -2.04. The second-order valence-electron chi connectivity index (χ2n) is 6.94. The van der Waals surface area contributed by atoms with Gasteiger partial charge < -0.3 is 14.8 Å². The lowest BCUT2D eigenvalue weighted by atomic mass is 9.86. The van der Waals surface area contributed by atoms with Gasteiger partial charge in [-0.3, -0.25) is 4.79 Å². The molecule has 24 heavy (non-hydrogen) atoms. The summed E-state index contributed by atoms with van der Waals surface area (Å²) in [6.07, 6.45) is 5.81. The summed E-state index contributed by atoms with van der Waals surface area (Å²) in [7, 11) is 2.85. The maximum Gasteiger partial charge on any atom is 0.341 e. The molecule has 0 saturated heterocycles. The van der Waals surface area contributed by atoms with Gasteiger partial charge in [0.05, 0.1) is 14.2 Å². The molecule has 1 N–H and O–H groups in total. The SMILES string of the molecule is COC(=O)c1cc(CNC(=O)C[C@H]2C[C@H]3CC[C@H]2C3)ccc1OC. The van der Waals surface area contributed by atoms with Crippen LogP contribution in [0.5, 0.6) is 5.75 Å². The summed E-state index contributed by atoms with van der Waals surface area (Å²) in [5.74, 6) is 2.30. The third kappa shape index (κ3) is 3.55. The molecular weight excluding hydrogens is 306 g/mol. The van der Waals surface area contributed by atoms with Crippen LogP contribution in [0.4, 0.5) is 0 Å². The Balaban J connectivity index is 1.56. The van der Waals surface area contributed by atoms with Crippen molar-refractivity contribution < 1.29 is 19.1 Å². The molecule has 5 nitrogen and oxygen atoms in total. The van der Waals surface area contributed by atoms with Gasteiger partial charge >= 0.3 is 5.97 Å². The second-order valence-corrected chi connectivity index (χ2v) is 6.94. The fourth-order valence-corrected chi connectivity index (χ4v) is 4.27. The van der Waals surface area contributed by atoms with Gasteiger partial charge in [0, 0.05) is 13.0 Å². The van der Waals surface area contributed by atoms with E-state index in [9.17, 15) is 9.59 Å². The van der Waals surface area contributed by atoms with E-state index in [2.05, 4.69) is 5.32 Å². The maximum absolute atomic E-state index is 12.2. The molecule has 2 saturated carbocycles. The highest BCUT2D eigenvalue weighted by atomic mass is 16.5. The number of carbonyl (C=O) groups is 2. The summed E-state index contributed by atoms with van der Waals surface area (Å²) in [5.41, 5.74) is 1.23. The fraction of sp³-hybridized carbons (Fsp3) is 0.579. The first-order valence-corrected chi connectivity index (χ1v) is 8.62. The Morgan fingerprint density at radius 1 is 1.21 bits per heavy atom. The van der Waals surface area contributed by atoms with Gasteiger partial charge in [0.25, 0.3) is 0 Å². The van der Waals surface area contributed by atoms with Crippen molar-refractivity contribution >= 4 is 11.9 Å². The maximum atomic E-state index is 12.2. The molecule has 2 fully saturated rings. The van der Waals surface area contributed by atoms with Gasteiger partial charge in [-0.25, -0.2) is 4.79 Å². The summed E-state index contributed by atoms with van der Waals surface area (Å²) >= 11 is 0. The van der Waals surface area contributed by atoms with Gasteiger partial charge in [-0.05, 0) is 54.7 Å². The molecule has 130 valence electrons. The van der Waals surface area contributed by atoms with Crippen LogP contribution in [0.15, 0.2) is 18.2 Å². The molecule has 2 aliphatic carbocycles. The van der Waals surface area contributed by atoms with E-state index in [1.807, 2.05) is 6.07 Å². The number of esters is 1. The first kappa shape index (κ1) is 16.8. The van der Waals surface area contributed by atoms with E-state index in [0.29, 0.717) is 30.2 Å². The number of hydrogen-bond donors (Lipinski definition) is 1. The van der Waals surface area contributed by atoms with E-state index >= 15 is 0 Å². The Labute approximate surface area is 142 Å². The molecule has 0 radical (unpaired) electrons. The predicted molar refractivity (Wildman–Crippen MR) is 89.7 cm³/mol. The van der Waals surface area contributed by atoms with Gasteiger partial charge in [0.1, 0.15) is 11.3 Å². The van der Waals surface area contributed by atoms with Crippen LogP contribution in [-0.2, 0) is 16.1 Å². The molecule has 0 aromatic heterocycles. The summed E-state index contributed by atoms with van der Waals surface area (Å²) in [6.45, 7) is 0.410. The minimum atomic E-state index is -0.443. The quantitative estimate of drug-likeness (QED) is 0.814. The lowest BCUT2D eigenvalue weighted by Crippen LogP contribution is -2.27. The van der Waals surface area contributed by atoms with E-state index in [-0.39, 0.29) is 5.91 Å². The number of rotatable bonds is 6. The number of carbonyl (C=O) groups excluding carboxylic acids is 2. The normalized spacial score (nSPS) is 24.7. The highest BCUT2D eigenvalue weighted by Crippen LogP contribution is 2.49. The molecule has 2 bridgehead atoms. The smallest absolute Gasteiger partial charge is 0.341 e. The average Bonchev–Trinajstić information content (AvgIpc) is 3.22. The van der Waals surface area contributed by atoms with Crippen LogP contribution >= 0.6 is 0 Å². The lowest BCUT2D eigenvalue weighted by molar-refractivity contribution is -0.122. The molecule has 3 atom stereocenters. The summed E-state index contributed by atoms with van der Waals surface area (Å²) < 4.78 is 9.95. The molecular formula is C19H25NO4. The molecule has 0 unspecified atom stereocenters. The fourth-order valence-electron chi connectivity index (χ4n) is 4.27. The first-order valence-electron chi connectivity index (χ1n) is 8.62. The predicted octanol–water partition coefficient (Wildman–Crippen LogP) is 2.92. The molecule has 3 rings (SSSR count). The number of ether oxygens (including phenoxy) is 2. The molecule has 5 heteroatoms. The molecule has 0 spiro atoms. The van der Waals surface area contributed by atoms with E-state index in [0.717, 1.165) is 17.4 Å². The number of benzene rings is 1. The van der Waals surface area contributed by atoms with Crippen LogP contribution in [0.2, 0.25) is 0 Å². The first-order chi connectivity index (χ1) is 11.6. The van der Waals surface area contributed by atoms with Crippen molar-refractivity contribution in [1.82, 2.24) is 5.32 Å². The van der Waals surface area contributed by atoms with Crippen molar-refractivity contribution in [3.05, 3.63) is 29.3 Å². The van der Waals surface area contributed by atoms with Crippen molar-refractivity contribution in [3.63, 3.8) is 0 Å². The highest BCUT2D eigenvalue weighted by Gasteiger charge is 2.39. The summed E-state index contributed by atoms with van der Waals surface area (Å²) in [6, 6.07) is 5.29. The molecule has 1 amide bonds. The number of methoxy groups -OCH3 is 2. The minimum Gasteiger partial charge on any atom is -0.496 e. The summed E-state index contributed by atoms with van der Waals surface area (Å²) in [4.78, 5) is 24.0. The lowest BCUT2D eigenvalue weighted by Gasteiger charge is -2.21. The zero-order valence-corrected chi connectivity index (χ0v) is 14.3. The van der Waals surface area contributed by atoms with Crippen molar-refractivity contribution in [2.24, 2.45) is 17.8 Å². The molecule has 0 aliphatic heterocycles. The monoisotopic (exact) mass is 331 g/mol.